The minimum absolute atomic E-state index is 0.00315. The third kappa shape index (κ3) is 3.90. The Bertz CT molecular complexity index is 967. The van der Waals surface area contributed by atoms with Crippen molar-refractivity contribution >= 4 is 5.91 Å². The number of pyridine rings is 1. The van der Waals surface area contributed by atoms with Gasteiger partial charge in [-0.2, -0.15) is 0 Å². The molecule has 158 valence electrons. The Morgan fingerprint density at radius 3 is 2.87 bits per heavy atom. The highest BCUT2D eigenvalue weighted by atomic mass is 16.2. The van der Waals surface area contributed by atoms with Crippen LogP contribution in [0.4, 0.5) is 0 Å². The molecule has 1 amide bonds. The normalized spacial score (nSPS) is 22.4. The van der Waals surface area contributed by atoms with E-state index in [-0.39, 0.29) is 17.4 Å². The van der Waals surface area contributed by atoms with E-state index in [4.69, 9.17) is 4.98 Å². The maximum absolute atomic E-state index is 12.8. The number of hydrogen-bond acceptors (Lipinski definition) is 5. The van der Waals surface area contributed by atoms with Crippen LogP contribution in [0, 0.1) is 5.92 Å². The molecule has 0 aromatic carbocycles. The minimum Gasteiger partial charge on any atom is -0.342 e. The molecule has 7 nitrogen and oxygen atoms in total. The van der Waals surface area contributed by atoms with E-state index in [9.17, 15) is 9.59 Å². The van der Waals surface area contributed by atoms with Crippen LogP contribution in [0.1, 0.15) is 60.7 Å². The highest BCUT2D eigenvalue weighted by Gasteiger charge is 2.34. The third-order valence-corrected chi connectivity index (χ3v) is 6.89. The molecule has 30 heavy (non-hydrogen) atoms. The Labute approximate surface area is 176 Å². The van der Waals surface area contributed by atoms with Crippen LogP contribution < -0.4 is 5.56 Å². The lowest BCUT2D eigenvalue weighted by atomic mass is 10.0. The molecule has 0 bridgehead atoms. The number of fused-ring (bicyclic) bond motifs is 1. The Hall–Kier alpha value is -2.54. The van der Waals surface area contributed by atoms with Crippen molar-refractivity contribution in [2.45, 2.75) is 57.5 Å². The highest BCUT2D eigenvalue weighted by molar-refractivity contribution is 5.79. The standard InChI is InChI=1S/C23H29N5O2/c29-22-19-8-10-27(13-16-4-3-9-24-12-16)15-20(19)25-21(26-22)18-7-11-28(14-18)23(30)17-5-1-2-6-17/h3-4,9,12,17-18H,1-2,5-8,10-11,13-15H2,(H,25,26,29)/t18-/m1/s1. The van der Waals surface area contributed by atoms with Crippen LogP contribution in [0.5, 0.6) is 0 Å². The van der Waals surface area contributed by atoms with Crippen molar-refractivity contribution in [3.8, 4) is 0 Å². The van der Waals surface area contributed by atoms with Crippen molar-refractivity contribution in [2.24, 2.45) is 5.92 Å². The number of carbonyl (C=O) groups is 1. The van der Waals surface area contributed by atoms with Crippen molar-refractivity contribution in [1.29, 1.82) is 0 Å². The molecule has 0 unspecified atom stereocenters. The summed E-state index contributed by atoms with van der Waals surface area (Å²) in [7, 11) is 0. The number of carbonyl (C=O) groups excluding carboxylic acids is 1. The average Bonchev–Trinajstić information content (AvgIpc) is 3.46. The Kier molecular flexibility index (Phi) is 5.37. The second-order valence-corrected chi connectivity index (χ2v) is 8.95. The monoisotopic (exact) mass is 407 g/mol. The molecule has 0 radical (unpaired) electrons. The summed E-state index contributed by atoms with van der Waals surface area (Å²) in [5, 5.41) is 0. The number of H-pyrrole nitrogens is 1. The zero-order valence-electron chi connectivity index (χ0n) is 17.3. The Morgan fingerprint density at radius 2 is 2.07 bits per heavy atom. The van der Waals surface area contributed by atoms with E-state index in [1.807, 2.05) is 17.2 Å². The van der Waals surface area contributed by atoms with Gasteiger partial charge in [-0.3, -0.25) is 19.5 Å². The number of likely N-dealkylation sites (tertiary alicyclic amines) is 1. The molecule has 0 spiro atoms. The SMILES string of the molecule is O=C(C1CCCC1)N1CC[C@@H](c2nc3c(c(=O)[nH]2)CCN(Cc2cccnc2)C3)C1. The number of aromatic amines is 1. The zero-order valence-corrected chi connectivity index (χ0v) is 17.3. The third-order valence-electron chi connectivity index (χ3n) is 6.89. The molecule has 1 N–H and O–H groups in total. The molecule has 5 rings (SSSR count). The molecule has 3 aliphatic rings. The van der Waals surface area contributed by atoms with E-state index in [1.165, 1.54) is 18.4 Å². The van der Waals surface area contributed by atoms with Crippen LogP contribution in [-0.4, -0.2) is 50.3 Å². The number of amides is 1. The van der Waals surface area contributed by atoms with Gasteiger partial charge in [0.15, 0.2) is 0 Å². The largest absolute Gasteiger partial charge is 0.342 e. The van der Waals surface area contributed by atoms with Gasteiger partial charge in [0.25, 0.3) is 5.56 Å². The Morgan fingerprint density at radius 1 is 1.20 bits per heavy atom. The Balaban J connectivity index is 1.29. The van der Waals surface area contributed by atoms with Crippen molar-refractivity contribution in [1.82, 2.24) is 24.8 Å². The maximum atomic E-state index is 12.8. The summed E-state index contributed by atoms with van der Waals surface area (Å²) in [5.41, 5.74) is 2.88. The second kappa shape index (κ2) is 8.30. The first-order chi connectivity index (χ1) is 14.7. The fourth-order valence-corrected chi connectivity index (χ4v) is 5.21. The molecule has 2 fully saturated rings. The predicted molar refractivity (Wildman–Crippen MR) is 113 cm³/mol. The van der Waals surface area contributed by atoms with E-state index >= 15 is 0 Å². The summed E-state index contributed by atoms with van der Waals surface area (Å²) in [5.74, 6) is 1.39. The van der Waals surface area contributed by atoms with Crippen LogP contribution in [0.15, 0.2) is 29.3 Å². The molecule has 1 atom stereocenters. The minimum atomic E-state index is -0.00315. The first-order valence-corrected chi connectivity index (χ1v) is 11.2. The van der Waals surface area contributed by atoms with Gasteiger partial charge in [0, 0.05) is 62.5 Å². The number of hydrogen-bond donors (Lipinski definition) is 1. The predicted octanol–water partition coefficient (Wildman–Crippen LogP) is 2.23. The number of nitrogens with zero attached hydrogens (tertiary/aromatic N) is 4. The van der Waals surface area contributed by atoms with Crippen LogP contribution in [0.3, 0.4) is 0 Å². The quantitative estimate of drug-likeness (QED) is 0.841. The summed E-state index contributed by atoms with van der Waals surface area (Å²) >= 11 is 0. The highest BCUT2D eigenvalue weighted by Crippen LogP contribution is 2.31. The van der Waals surface area contributed by atoms with Crippen molar-refractivity contribution < 1.29 is 4.79 Å². The summed E-state index contributed by atoms with van der Waals surface area (Å²) in [6, 6.07) is 4.03. The second-order valence-electron chi connectivity index (χ2n) is 8.95. The van der Waals surface area contributed by atoms with Crippen LogP contribution in [0.25, 0.3) is 0 Å². The average molecular weight is 408 g/mol. The molecule has 7 heteroatoms. The van der Waals surface area contributed by atoms with Gasteiger partial charge < -0.3 is 9.88 Å². The molecular formula is C23H29N5O2. The summed E-state index contributed by atoms with van der Waals surface area (Å²) in [6.07, 6.45) is 9.66. The summed E-state index contributed by atoms with van der Waals surface area (Å²) < 4.78 is 0. The lowest BCUT2D eigenvalue weighted by molar-refractivity contribution is -0.134. The van der Waals surface area contributed by atoms with Crippen LogP contribution in [0.2, 0.25) is 0 Å². The molecular weight excluding hydrogens is 378 g/mol. The van der Waals surface area contributed by atoms with Gasteiger partial charge in [0.2, 0.25) is 5.91 Å². The molecule has 1 aliphatic carbocycles. The molecule has 1 saturated carbocycles. The molecule has 4 heterocycles. The van der Waals surface area contributed by atoms with Gasteiger partial charge in [-0.05, 0) is 37.3 Å². The van der Waals surface area contributed by atoms with E-state index in [0.29, 0.717) is 19.0 Å². The van der Waals surface area contributed by atoms with Crippen molar-refractivity contribution in [3.05, 3.63) is 57.5 Å². The number of rotatable bonds is 4. The first-order valence-electron chi connectivity index (χ1n) is 11.2. The smallest absolute Gasteiger partial charge is 0.254 e. The van der Waals surface area contributed by atoms with Crippen molar-refractivity contribution in [3.63, 3.8) is 0 Å². The van der Waals surface area contributed by atoms with Gasteiger partial charge in [-0.25, -0.2) is 4.98 Å². The van der Waals surface area contributed by atoms with Crippen LogP contribution in [-0.2, 0) is 24.3 Å². The molecule has 2 aliphatic heterocycles. The van der Waals surface area contributed by atoms with E-state index in [2.05, 4.69) is 20.9 Å². The number of aromatic nitrogens is 3. The van der Waals surface area contributed by atoms with Gasteiger partial charge >= 0.3 is 0 Å². The summed E-state index contributed by atoms with van der Waals surface area (Å²) in [4.78, 5) is 41.9. The lowest BCUT2D eigenvalue weighted by Crippen LogP contribution is -2.36. The fraction of sp³-hybridized carbons (Fsp3) is 0.565. The summed E-state index contributed by atoms with van der Waals surface area (Å²) in [6.45, 7) is 3.78. The lowest BCUT2D eigenvalue weighted by Gasteiger charge is -2.28. The fourth-order valence-electron chi connectivity index (χ4n) is 5.21. The zero-order chi connectivity index (χ0) is 20.5. The molecule has 1 saturated heterocycles. The van der Waals surface area contributed by atoms with Gasteiger partial charge in [0.05, 0.1) is 5.69 Å². The van der Waals surface area contributed by atoms with Gasteiger partial charge in [-0.1, -0.05) is 18.9 Å². The molecule has 2 aromatic rings. The van der Waals surface area contributed by atoms with E-state index < -0.39 is 0 Å². The topological polar surface area (TPSA) is 82.2 Å². The number of nitrogens with one attached hydrogen (secondary N) is 1. The van der Waals surface area contributed by atoms with Gasteiger partial charge in [-0.15, -0.1) is 0 Å². The van der Waals surface area contributed by atoms with Crippen LogP contribution >= 0.6 is 0 Å². The maximum Gasteiger partial charge on any atom is 0.254 e. The van der Waals surface area contributed by atoms with Gasteiger partial charge in [0.1, 0.15) is 5.82 Å². The van der Waals surface area contributed by atoms with Crippen molar-refractivity contribution in [2.75, 3.05) is 19.6 Å². The van der Waals surface area contributed by atoms with E-state index in [1.54, 1.807) is 6.20 Å². The van der Waals surface area contributed by atoms with E-state index in [0.717, 1.165) is 62.4 Å². The first kappa shape index (κ1) is 19.4. The molecule has 2 aromatic heterocycles.